The molecule has 0 fully saturated rings. The summed E-state index contributed by atoms with van der Waals surface area (Å²) >= 11 is 0. The topological polar surface area (TPSA) is 58.6 Å². The van der Waals surface area contributed by atoms with Crippen molar-refractivity contribution in [2.75, 3.05) is 13.1 Å². The molecule has 0 aromatic carbocycles. The first-order valence-corrected chi connectivity index (χ1v) is 6.12. The van der Waals surface area contributed by atoms with E-state index >= 15 is 0 Å². The second kappa shape index (κ2) is 5.06. The first-order chi connectivity index (χ1) is 6.23. The van der Waals surface area contributed by atoms with E-state index in [9.17, 15) is 8.42 Å². The van der Waals surface area contributed by atoms with Crippen LogP contribution < -0.4 is 4.89 Å². The fourth-order valence-electron chi connectivity index (χ4n) is 0.794. The van der Waals surface area contributed by atoms with Gasteiger partial charge in [0.1, 0.15) is 0 Å². The normalized spacial score (nSPS) is 13.6. The molecule has 0 spiro atoms. The summed E-state index contributed by atoms with van der Waals surface area (Å²) in [6.45, 7) is 9.74. The lowest BCUT2D eigenvalue weighted by Gasteiger charge is -2.23. The summed E-state index contributed by atoms with van der Waals surface area (Å²) in [6.07, 6.45) is 0. The van der Waals surface area contributed by atoms with E-state index in [2.05, 4.69) is 4.89 Å². The van der Waals surface area contributed by atoms with Gasteiger partial charge in [-0.2, -0.15) is 12.7 Å². The Balaban J connectivity index is 4.35. The van der Waals surface area contributed by atoms with Gasteiger partial charge in [0, 0.05) is 13.1 Å². The van der Waals surface area contributed by atoms with E-state index in [-0.39, 0.29) is 0 Å². The molecule has 0 amide bonds. The average molecular weight is 224 g/mol. The van der Waals surface area contributed by atoms with Crippen LogP contribution in [-0.4, -0.2) is 31.4 Å². The summed E-state index contributed by atoms with van der Waals surface area (Å²) in [5.41, 5.74) is -0.528. The van der Waals surface area contributed by atoms with Crippen molar-refractivity contribution in [2.24, 2.45) is 0 Å². The zero-order valence-corrected chi connectivity index (χ0v) is 10.3. The van der Waals surface area contributed by atoms with Crippen molar-refractivity contribution in [1.82, 2.24) is 9.19 Å². The first kappa shape index (κ1) is 13.8. The summed E-state index contributed by atoms with van der Waals surface area (Å²) in [6, 6.07) is 0. The minimum atomic E-state index is -3.49. The minimum absolute atomic E-state index is 0.430. The Hall–Kier alpha value is -0.170. The van der Waals surface area contributed by atoms with Crippen LogP contribution in [0.15, 0.2) is 0 Å². The third-order valence-corrected chi connectivity index (χ3v) is 2.99. The highest BCUT2D eigenvalue weighted by Gasteiger charge is 2.21. The third-order valence-electron chi connectivity index (χ3n) is 1.50. The van der Waals surface area contributed by atoms with Crippen molar-refractivity contribution in [3.8, 4) is 0 Å². The maximum atomic E-state index is 11.5. The van der Waals surface area contributed by atoms with Crippen molar-refractivity contribution >= 4 is 10.2 Å². The molecular formula is C8H20N2O3S. The Labute approximate surface area is 86.6 Å². The van der Waals surface area contributed by atoms with E-state index in [0.717, 1.165) is 0 Å². The van der Waals surface area contributed by atoms with Crippen molar-refractivity contribution in [3.05, 3.63) is 0 Å². The van der Waals surface area contributed by atoms with E-state index in [1.54, 1.807) is 34.6 Å². The molecule has 0 rings (SSSR count). The van der Waals surface area contributed by atoms with Gasteiger partial charge in [0.25, 0.3) is 0 Å². The molecule has 14 heavy (non-hydrogen) atoms. The second-order valence-electron chi connectivity index (χ2n) is 3.89. The lowest BCUT2D eigenvalue weighted by Crippen LogP contribution is -2.43. The van der Waals surface area contributed by atoms with Crippen LogP contribution in [0.2, 0.25) is 0 Å². The predicted octanol–water partition coefficient (Wildman–Crippen LogP) is 0.893. The van der Waals surface area contributed by atoms with E-state index in [1.165, 1.54) is 4.31 Å². The molecule has 0 saturated heterocycles. The fraction of sp³-hybridized carbons (Fsp3) is 1.00. The lowest BCUT2D eigenvalue weighted by atomic mass is 10.2. The van der Waals surface area contributed by atoms with Gasteiger partial charge in [-0.3, -0.25) is 4.84 Å². The highest BCUT2D eigenvalue weighted by atomic mass is 32.2. The number of hydrogen-bond acceptors (Lipinski definition) is 3. The van der Waals surface area contributed by atoms with Gasteiger partial charge in [-0.15, -0.1) is 0 Å². The summed E-state index contributed by atoms with van der Waals surface area (Å²) in [4.78, 5) is 7.10. The SMILES string of the molecule is CCN(CC)S(=O)(=O)NOC(C)(C)C. The number of nitrogens with zero attached hydrogens (tertiary/aromatic N) is 1. The van der Waals surface area contributed by atoms with Crippen LogP contribution in [0, 0.1) is 0 Å². The smallest absolute Gasteiger partial charge is 0.280 e. The van der Waals surface area contributed by atoms with Gasteiger partial charge in [-0.05, 0) is 20.8 Å². The Morgan fingerprint density at radius 2 is 1.64 bits per heavy atom. The molecular weight excluding hydrogens is 204 g/mol. The maximum absolute atomic E-state index is 11.5. The number of nitrogens with one attached hydrogen (secondary N) is 1. The molecule has 0 aliphatic rings. The first-order valence-electron chi connectivity index (χ1n) is 4.67. The molecule has 0 heterocycles. The molecule has 1 N–H and O–H groups in total. The Morgan fingerprint density at radius 3 is 1.93 bits per heavy atom. The second-order valence-corrected chi connectivity index (χ2v) is 5.52. The van der Waals surface area contributed by atoms with Crippen molar-refractivity contribution < 1.29 is 13.3 Å². The maximum Gasteiger partial charge on any atom is 0.301 e. The molecule has 0 bridgehead atoms. The molecule has 0 radical (unpaired) electrons. The summed E-state index contributed by atoms with van der Waals surface area (Å²) in [7, 11) is -3.49. The molecule has 0 aromatic rings. The zero-order chi connectivity index (χ0) is 11.4. The van der Waals surface area contributed by atoms with Crippen LogP contribution >= 0.6 is 0 Å². The molecule has 0 aromatic heterocycles. The van der Waals surface area contributed by atoms with Crippen LogP contribution in [0.1, 0.15) is 34.6 Å². The highest BCUT2D eigenvalue weighted by Crippen LogP contribution is 2.06. The van der Waals surface area contributed by atoms with E-state index in [4.69, 9.17) is 4.84 Å². The van der Waals surface area contributed by atoms with E-state index in [0.29, 0.717) is 13.1 Å². The zero-order valence-electron chi connectivity index (χ0n) is 9.49. The Kier molecular flexibility index (Phi) is 5.00. The summed E-state index contributed by atoms with van der Waals surface area (Å²) in [5, 5.41) is 0. The van der Waals surface area contributed by atoms with Crippen LogP contribution in [0.4, 0.5) is 0 Å². The van der Waals surface area contributed by atoms with Gasteiger partial charge < -0.3 is 0 Å². The lowest BCUT2D eigenvalue weighted by molar-refractivity contribution is -0.0380. The van der Waals surface area contributed by atoms with Gasteiger partial charge in [0.2, 0.25) is 0 Å². The molecule has 0 saturated carbocycles. The molecule has 0 aliphatic carbocycles. The minimum Gasteiger partial charge on any atom is -0.280 e. The average Bonchev–Trinajstić information content (AvgIpc) is 2.02. The standard InChI is InChI=1S/C8H20N2O3S/c1-6-10(7-2)14(11,12)9-13-8(3,4)5/h9H,6-7H2,1-5H3. The molecule has 6 heteroatoms. The van der Waals surface area contributed by atoms with Crippen LogP contribution in [-0.2, 0) is 15.0 Å². The van der Waals surface area contributed by atoms with Gasteiger partial charge in [0.15, 0.2) is 0 Å². The van der Waals surface area contributed by atoms with E-state index < -0.39 is 15.8 Å². The number of rotatable bonds is 5. The van der Waals surface area contributed by atoms with Crippen LogP contribution in [0.3, 0.4) is 0 Å². The summed E-state index contributed by atoms with van der Waals surface area (Å²) < 4.78 is 24.3. The highest BCUT2D eigenvalue weighted by molar-refractivity contribution is 7.87. The largest absolute Gasteiger partial charge is 0.301 e. The summed E-state index contributed by atoms with van der Waals surface area (Å²) in [5.74, 6) is 0. The van der Waals surface area contributed by atoms with Crippen molar-refractivity contribution in [3.63, 3.8) is 0 Å². The molecule has 0 aliphatic heterocycles. The van der Waals surface area contributed by atoms with Crippen molar-refractivity contribution in [2.45, 2.75) is 40.2 Å². The predicted molar refractivity (Wildman–Crippen MR) is 55.8 cm³/mol. The quantitative estimate of drug-likeness (QED) is 0.706. The third kappa shape index (κ3) is 4.90. The monoisotopic (exact) mass is 224 g/mol. The Bertz CT molecular complexity index is 252. The molecule has 86 valence electrons. The number of hydrogen-bond donors (Lipinski definition) is 1. The fourth-order valence-corrected chi connectivity index (χ4v) is 1.93. The van der Waals surface area contributed by atoms with E-state index in [1.807, 2.05) is 0 Å². The Morgan fingerprint density at radius 1 is 1.21 bits per heavy atom. The molecule has 0 atom stereocenters. The molecule has 5 nitrogen and oxygen atoms in total. The van der Waals surface area contributed by atoms with Gasteiger partial charge in [-0.25, -0.2) is 0 Å². The van der Waals surface area contributed by atoms with Crippen molar-refractivity contribution in [1.29, 1.82) is 0 Å². The molecule has 0 unspecified atom stereocenters. The van der Waals surface area contributed by atoms with Crippen LogP contribution in [0.25, 0.3) is 0 Å². The van der Waals surface area contributed by atoms with Gasteiger partial charge in [0.05, 0.1) is 5.60 Å². The van der Waals surface area contributed by atoms with Gasteiger partial charge >= 0.3 is 10.2 Å². The van der Waals surface area contributed by atoms with Gasteiger partial charge in [-0.1, -0.05) is 18.7 Å². The van der Waals surface area contributed by atoms with Crippen LogP contribution in [0.5, 0.6) is 0 Å².